The number of nitrogens with zero attached hydrogens (tertiary/aromatic N) is 1. The molecular weight excluding hydrogens is 162 g/mol. The SMILES string of the molecule is CC1CCCN(C(=O)C(C)(C)C)C1. The van der Waals surface area contributed by atoms with E-state index in [1.807, 2.05) is 25.7 Å². The second-order valence-electron chi connectivity index (χ2n) is 5.25. The van der Waals surface area contributed by atoms with Crippen molar-refractivity contribution in [1.29, 1.82) is 0 Å². The van der Waals surface area contributed by atoms with E-state index < -0.39 is 0 Å². The van der Waals surface area contributed by atoms with E-state index >= 15 is 0 Å². The van der Waals surface area contributed by atoms with Crippen molar-refractivity contribution >= 4 is 5.91 Å². The van der Waals surface area contributed by atoms with E-state index in [0.717, 1.165) is 13.1 Å². The monoisotopic (exact) mass is 183 g/mol. The Kier molecular flexibility index (Phi) is 2.99. The van der Waals surface area contributed by atoms with Gasteiger partial charge in [0, 0.05) is 18.5 Å². The lowest BCUT2D eigenvalue weighted by Gasteiger charge is -2.35. The molecule has 1 aliphatic rings. The molecule has 13 heavy (non-hydrogen) atoms. The van der Waals surface area contributed by atoms with Gasteiger partial charge in [0.2, 0.25) is 5.91 Å². The van der Waals surface area contributed by atoms with Crippen LogP contribution in [-0.2, 0) is 4.79 Å². The number of amides is 1. The maximum atomic E-state index is 11.9. The second-order valence-corrected chi connectivity index (χ2v) is 5.25. The Balaban J connectivity index is 2.56. The van der Waals surface area contributed by atoms with Gasteiger partial charge in [-0.1, -0.05) is 27.7 Å². The summed E-state index contributed by atoms with van der Waals surface area (Å²) in [5, 5.41) is 0. The predicted octanol–water partition coefficient (Wildman–Crippen LogP) is 2.29. The van der Waals surface area contributed by atoms with Crippen LogP contribution in [0.5, 0.6) is 0 Å². The lowest BCUT2D eigenvalue weighted by molar-refractivity contribution is -0.141. The fourth-order valence-corrected chi connectivity index (χ4v) is 1.85. The number of hydrogen-bond donors (Lipinski definition) is 0. The van der Waals surface area contributed by atoms with Gasteiger partial charge in [0.25, 0.3) is 0 Å². The maximum absolute atomic E-state index is 11.9. The molecule has 0 aromatic carbocycles. The highest BCUT2D eigenvalue weighted by Crippen LogP contribution is 2.22. The zero-order valence-electron chi connectivity index (χ0n) is 9.26. The third kappa shape index (κ3) is 2.71. The van der Waals surface area contributed by atoms with Gasteiger partial charge >= 0.3 is 0 Å². The topological polar surface area (TPSA) is 20.3 Å². The van der Waals surface area contributed by atoms with Crippen LogP contribution in [-0.4, -0.2) is 23.9 Å². The maximum Gasteiger partial charge on any atom is 0.227 e. The molecule has 0 saturated carbocycles. The van der Waals surface area contributed by atoms with E-state index in [2.05, 4.69) is 6.92 Å². The summed E-state index contributed by atoms with van der Waals surface area (Å²) in [7, 11) is 0. The molecule has 0 spiro atoms. The first kappa shape index (κ1) is 10.6. The number of piperidine rings is 1. The highest BCUT2D eigenvalue weighted by atomic mass is 16.2. The van der Waals surface area contributed by atoms with E-state index in [1.54, 1.807) is 0 Å². The Morgan fingerprint density at radius 3 is 2.46 bits per heavy atom. The average molecular weight is 183 g/mol. The van der Waals surface area contributed by atoms with Gasteiger partial charge in [-0.25, -0.2) is 0 Å². The van der Waals surface area contributed by atoms with Crippen LogP contribution < -0.4 is 0 Å². The summed E-state index contributed by atoms with van der Waals surface area (Å²) in [6, 6.07) is 0. The summed E-state index contributed by atoms with van der Waals surface area (Å²) < 4.78 is 0. The minimum Gasteiger partial charge on any atom is -0.342 e. The summed E-state index contributed by atoms with van der Waals surface area (Å²) >= 11 is 0. The van der Waals surface area contributed by atoms with Gasteiger partial charge in [0.15, 0.2) is 0 Å². The molecule has 1 fully saturated rings. The van der Waals surface area contributed by atoms with E-state index in [4.69, 9.17) is 0 Å². The predicted molar refractivity (Wildman–Crippen MR) is 54.4 cm³/mol. The molecule has 1 saturated heterocycles. The Bertz CT molecular complexity index is 193. The number of carbonyl (C=O) groups excluding carboxylic acids is 1. The van der Waals surface area contributed by atoms with Crippen LogP contribution in [0.3, 0.4) is 0 Å². The fraction of sp³-hybridized carbons (Fsp3) is 0.909. The molecule has 0 N–H and O–H groups in total. The summed E-state index contributed by atoms with van der Waals surface area (Å²) in [6.07, 6.45) is 2.44. The molecule has 0 aromatic rings. The minimum absolute atomic E-state index is 0.211. The van der Waals surface area contributed by atoms with Crippen LogP contribution in [0.2, 0.25) is 0 Å². The fourth-order valence-electron chi connectivity index (χ4n) is 1.85. The molecule has 0 aromatic heterocycles. The summed E-state index contributed by atoms with van der Waals surface area (Å²) in [6.45, 7) is 10.1. The van der Waals surface area contributed by atoms with Gasteiger partial charge in [0.05, 0.1) is 0 Å². The average Bonchev–Trinajstić information content (AvgIpc) is 2.01. The Labute approximate surface area is 81.3 Å². The van der Waals surface area contributed by atoms with Crippen LogP contribution in [0, 0.1) is 11.3 Å². The first-order valence-corrected chi connectivity index (χ1v) is 5.20. The molecule has 0 radical (unpaired) electrons. The molecule has 0 bridgehead atoms. The number of rotatable bonds is 0. The van der Waals surface area contributed by atoms with Crippen molar-refractivity contribution in [2.24, 2.45) is 11.3 Å². The molecule has 1 amide bonds. The highest BCUT2D eigenvalue weighted by Gasteiger charge is 2.29. The molecule has 1 aliphatic heterocycles. The van der Waals surface area contributed by atoms with Crippen molar-refractivity contribution in [3.8, 4) is 0 Å². The van der Waals surface area contributed by atoms with Crippen molar-refractivity contribution in [3.63, 3.8) is 0 Å². The van der Waals surface area contributed by atoms with Gasteiger partial charge in [-0.2, -0.15) is 0 Å². The van der Waals surface area contributed by atoms with Crippen molar-refractivity contribution in [3.05, 3.63) is 0 Å². The van der Waals surface area contributed by atoms with Gasteiger partial charge in [0.1, 0.15) is 0 Å². The quantitative estimate of drug-likeness (QED) is 0.564. The smallest absolute Gasteiger partial charge is 0.227 e. The molecule has 2 nitrogen and oxygen atoms in total. The first-order chi connectivity index (χ1) is 5.91. The van der Waals surface area contributed by atoms with Crippen LogP contribution >= 0.6 is 0 Å². The van der Waals surface area contributed by atoms with Crippen molar-refractivity contribution in [2.45, 2.75) is 40.5 Å². The van der Waals surface area contributed by atoms with Gasteiger partial charge < -0.3 is 4.90 Å². The molecule has 1 rings (SSSR count). The lowest BCUT2D eigenvalue weighted by Crippen LogP contribution is -2.44. The molecule has 1 unspecified atom stereocenters. The van der Waals surface area contributed by atoms with Crippen LogP contribution in [0.4, 0.5) is 0 Å². The standard InChI is InChI=1S/C11H21NO/c1-9-6-5-7-12(8-9)10(13)11(2,3)4/h9H,5-8H2,1-4H3. The molecule has 76 valence electrons. The molecule has 0 aliphatic carbocycles. The summed E-state index contributed by atoms with van der Waals surface area (Å²) in [5.74, 6) is 0.985. The van der Waals surface area contributed by atoms with E-state index in [0.29, 0.717) is 11.8 Å². The highest BCUT2D eigenvalue weighted by molar-refractivity contribution is 5.81. The third-order valence-electron chi connectivity index (χ3n) is 2.59. The van der Waals surface area contributed by atoms with E-state index in [9.17, 15) is 4.79 Å². The number of hydrogen-bond acceptors (Lipinski definition) is 1. The van der Waals surface area contributed by atoms with Crippen molar-refractivity contribution < 1.29 is 4.79 Å². The van der Waals surface area contributed by atoms with Crippen LogP contribution in [0.1, 0.15) is 40.5 Å². The molecule has 2 heteroatoms. The minimum atomic E-state index is -0.211. The third-order valence-corrected chi connectivity index (χ3v) is 2.59. The Morgan fingerprint density at radius 2 is 2.00 bits per heavy atom. The first-order valence-electron chi connectivity index (χ1n) is 5.20. The lowest BCUT2D eigenvalue weighted by atomic mass is 9.92. The Morgan fingerprint density at radius 1 is 1.38 bits per heavy atom. The van der Waals surface area contributed by atoms with Gasteiger partial charge in [-0.05, 0) is 18.8 Å². The van der Waals surface area contributed by atoms with Gasteiger partial charge in [-0.15, -0.1) is 0 Å². The van der Waals surface area contributed by atoms with Crippen LogP contribution in [0.15, 0.2) is 0 Å². The summed E-state index contributed by atoms with van der Waals surface area (Å²) in [5.41, 5.74) is -0.211. The van der Waals surface area contributed by atoms with E-state index in [-0.39, 0.29) is 5.41 Å². The van der Waals surface area contributed by atoms with Gasteiger partial charge in [-0.3, -0.25) is 4.79 Å². The second kappa shape index (κ2) is 3.69. The molecular formula is C11H21NO. The van der Waals surface area contributed by atoms with E-state index in [1.165, 1.54) is 12.8 Å². The molecule has 1 heterocycles. The van der Waals surface area contributed by atoms with Crippen molar-refractivity contribution in [1.82, 2.24) is 4.90 Å². The summed E-state index contributed by atoms with van der Waals surface area (Å²) in [4.78, 5) is 13.9. The zero-order valence-corrected chi connectivity index (χ0v) is 9.26. The number of carbonyl (C=O) groups is 1. The Hall–Kier alpha value is -0.530. The zero-order chi connectivity index (χ0) is 10.1. The largest absolute Gasteiger partial charge is 0.342 e. The normalized spacial score (nSPS) is 24.6. The number of likely N-dealkylation sites (tertiary alicyclic amines) is 1. The molecule has 1 atom stereocenters. The van der Waals surface area contributed by atoms with Crippen LogP contribution in [0.25, 0.3) is 0 Å². The van der Waals surface area contributed by atoms with Crippen molar-refractivity contribution in [2.75, 3.05) is 13.1 Å².